The van der Waals surface area contributed by atoms with Crippen LogP contribution in [0.4, 0.5) is 5.82 Å². The highest BCUT2D eigenvalue weighted by Crippen LogP contribution is 2.20. The number of hydrogen-bond donors (Lipinski definition) is 1. The van der Waals surface area contributed by atoms with E-state index in [0.29, 0.717) is 6.04 Å². The topological polar surface area (TPSA) is 28.2 Å². The zero-order chi connectivity index (χ0) is 15.2. The second-order valence-electron chi connectivity index (χ2n) is 5.71. The standard InChI is InChI=1S/C18H25N3/c1-14(2)21(13-16-8-6-5-7-9-16)18-11-17(12-19-4)10-15(3)20-18/h5-11,14,19H,12-13H2,1-4H3. The SMILES string of the molecule is CNCc1cc(C)nc(N(Cc2ccccc2)C(C)C)c1. The van der Waals surface area contributed by atoms with Crippen molar-refractivity contribution in [2.45, 2.75) is 39.9 Å². The summed E-state index contributed by atoms with van der Waals surface area (Å²) in [7, 11) is 1.97. The highest BCUT2D eigenvalue weighted by atomic mass is 15.2. The molecule has 0 saturated carbocycles. The predicted molar refractivity (Wildman–Crippen MR) is 89.5 cm³/mol. The molecule has 0 radical (unpaired) electrons. The van der Waals surface area contributed by atoms with Crippen molar-refractivity contribution in [3.63, 3.8) is 0 Å². The van der Waals surface area contributed by atoms with Crippen LogP contribution in [0.15, 0.2) is 42.5 Å². The molecular weight excluding hydrogens is 258 g/mol. The fraction of sp³-hybridized carbons (Fsp3) is 0.389. The number of nitrogens with zero attached hydrogens (tertiary/aromatic N) is 2. The van der Waals surface area contributed by atoms with Crippen molar-refractivity contribution in [1.29, 1.82) is 0 Å². The Labute approximate surface area is 128 Å². The lowest BCUT2D eigenvalue weighted by Gasteiger charge is -2.28. The normalized spacial score (nSPS) is 10.9. The highest BCUT2D eigenvalue weighted by molar-refractivity contribution is 5.44. The van der Waals surface area contributed by atoms with Crippen LogP contribution in [0, 0.1) is 6.92 Å². The van der Waals surface area contributed by atoms with Crippen molar-refractivity contribution in [2.24, 2.45) is 0 Å². The number of hydrogen-bond acceptors (Lipinski definition) is 3. The Morgan fingerprint density at radius 1 is 1.10 bits per heavy atom. The molecule has 0 unspecified atom stereocenters. The molecule has 1 heterocycles. The maximum Gasteiger partial charge on any atom is 0.129 e. The zero-order valence-electron chi connectivity index (χ0n) is 13.4. The van der Waals surface area contributed by atoms with Crippen LogP contribution in [0.3, 0.4) is 0 Å². The molecule has 0 atom stereocenters. The van der Waals surface area contributed by atoms with Crippen molar-refractivity contribution < 1.29 is 0 Å². The van der Waals surface area contributed by atoms with Gasteiger partial charge in [-0.25, -0.2) is 4.98 Å². The van der Waals surface area contributed by atoms with Crippen molar-refractivity contribution in [1.82, 2.24) is 10.3 Å². The Hall–Kier alpha value is -1.87. The minimum atomic E-state index is 0.405. The summed E-state index contributed by atoms with van der Waals surface area (Å²) >= 11 is 0. The minimum Gasteiger partial charge on any atom is -0.350 e. The van der Waals surface area contributed by atoms with Gasteiger partial charge in [-0.2, -0.15) is 0 Å². The number of rotatable bonds is 6. The first-order chi connectivity index (χ1) is 10.1. The molecule has 1 aromatic carbocycles. The molecule has 3 heteroatoms. The van der Waals surface area contributed by atoms with E-state index in [4.69, 9.17) is 4.98 Å². The number of pyridine rings is 1. The van der Waals surface area contributed by atoms with Crippen LogP contribution < -0.4 is 10.2 Å². The van der Waals surface area contributed by atoms with Gasteiger partial charge in [-0.15, -0.1) is 0 Å². The van der Waals surface area contributed by atoms with Crippen LogP contribution in [0.1, 0.15) is 30.7 Å². The van der Waals surface area contributed by atoms with Gasteiger partial charge in [0.1, 0.15) is 5.82 Å². The molecule has 0 bridgehead atoms. The Morgan fingerprint density at radius 2 is 1.81 bits per heavy atom. The van der Waals surface area contributed by atoms with Gasteiger partial charge in [0.05, 0.1) is 0 Å². The third kappa shape index (κ3) is 4.30. The Morgan fingerprint density at radius 3 is 2.43 bits per heavy atom. The molecule has 2 aromatic rings. The highest BCUT2D eigenvalue weighted by Gasteiger charge is 2.13. The summed E-state index contributed by atoms with van der Waals surface area (Å²) in [5.41, 5.74) is 3.65. The van der Waals surface area contributed by atoms with Gasteiger partial charge in [-0.3, -0.25) is 0 Å². The van der Waals surface area contributed by atoms with E-state index < -0.39 is 0 Å². The fourth-order valence-corrected chi connectivity index (χ4v) is 2.48. The van der Waals surface area contributed by atoms with Gasteiger partial charge < -0.3 is 10.2 Å². The average molecular weight is 283 g/mol. The molecule has 3 nitrogen and oxygen atoms in total. The average Bonchev–Trinajstić information content (AvgIpc) is 2.45. The molecule has 112 valence electrons. The van der Waals surface area contributed by atoms with Crippen molar-refractivity contribution in [3.8, 4) is 0 Å². The van der Waals surface area contributed by atoms with E-state index in [1.807, 2.05) is 7.05 Å². The summed E-state index contributed by atoms with van der Waals surface area (Å²) < 4.78 is 0. The number of nitrogens with one attached hydrogen (secondary N) is 1. The molecule has 0 fully saturated rings. The van der Waals surface area contributed by atoms with Crippen LogP contribution in [0.5, 0.6) is 0 Å². The maximum atomic E-state index is 4.73. The van der Waals surface area contributed by atoms with Crippen LogP contribution in [-0.2, 0) is 13.1 Å². The van der Waals surface area contributed by atoms with Gasteiger partial charge in [-0.05, 0) is 51.1 Å². The second kappa shape index (κ2) is 7.23. The summed E-state index contributed by atoms with van der Waals surface area (Å²) in [4.78, 5) is 7.08. The van der Waals surface area contributed by atoms with Gasteiger partial charge in [0.25, 0.3) is 0 Å². The van der Waals surface area contributed by atoms with Gasteiger partial charge in [-0.1, -0.05) is 30.3 Å². The van der Waals surface area contributed by atoms with E-state index >= 15 is 0 Å². The molecule has 0 aliphatic carbocycles. The van der Waals surface area contributed by atoms with E-state index in [2.05, 4.69) is 73.5 Å². The zero-order valence-corrected chi connectivity index (χ0v) is 13.4. The van der Waals surface area contributed by atoms with E-state index in [-0.39, 0.29) is 0 Å². The van der Waals surface area contributed by atoms with Crippen molar-refractivity contribution in [2.75, 3.05) is 11.9 Å². The van der Waals surface area contributed by atoms with E-state index in [1.165, 1.54) is 11.1 Å². The lowest BCUT2D eigenvalue weighted by molar-refractivity contribution is 0.669. The fourth-order valence-electron chi connectivity index (χ4n) is 2.48. The van der Waals surface area contributed by atoms with Gasteiger partial charge in [0, 0.05) is 24.8 Å². The Balaban J connectivity index is 2.29. The molecule has 21 heavy (non-hydrogen) atoms. The Bertz CT molecular complexity index is 564. The number of aromatic nitrogens is 1. The molecule has 0 aliphatic rings. The number of benzene rings is 1. The van der Waals surface area contributed by atoms with E-state index in [0.717, 1.165) is 24.6 Å². The second-order valence-corrected chi connectivity index (χ2v) is 5.71. The smallest absolute Gasteiger partial charge is 0.129 e. The summed E-state index contributed by atoms with van der Waals surface area (Å²) in [6, 6.07) is 15.3. The maximum absolute atomic E-state index is 4.73. The van der Waals surface area contributed by atoms with Crippen LogP contribution in [0.25, 0.3) is 0 Å². The first-order valence-corrected chi connectivity index (χ1v) is 7.53. The summed E-state index contributed by atoms with van der Waals surface area (Å²) in [6.07, 6.45) is 0. The van der Waals surface area contributed by atoms with Gasteiger partial charge in [0.15, 0.2) is 0 Å². The summed E-state index contributed by atoms with van der Waals surface area (Å²) in [5, 5.41) is 3.21. The lowest BCUT2D eigenvalue weighted by atomic mass is 10.1. The molecule has 1 aromatic heterocycles. The first-order valence-electron chi connectivity index (χ1n) is 7.53. The predicted octanol–water partition coefficient (Wildman–Crippen LogP) is 3.52. The van der Waals surface area contributed by atoms with Crippen LogP contribution in [0.2, 0.25) is 0 Å². The van der Waals surface area contributed by atoms with Crippen molar-refractivity contribution >= 4 is 5.82 Å². The molecule has 0 amide bonds. The Kier molecular flexibility index (Phi) is 5.34. The summed E-state index contributed by atoms with van der Waals surface area (Å²) in [6.45, 7) is 8.24. The lowest BCUT2D eigenvalue weighted by Crippen LogP contribution is -2.31. The molecule has 1 N–H and O–H groups in total. The van der Waals surface area contributed by atoms with E-state index in [9.17, 15) is 0 Å². The monoisotopic (exact) mass is 283 g/mol. The minimum absolute atomic E-state index is 0.405. The molecule has 2 rings (SSSR count). The van der Waals surface area contributed by atoms with Gasteiger partial charge >= 0.3 is 0 Å². The molecule has 0 aliphatic heterocycles. The molecular formula is C18H25N3. The quantitative estimate of drug-likeness (QED) is 0.879. The van der Waals surface area contributed by atoms with Crippen LogP contribution in [-0.4, -0.2) is 18.1 Å². The third-order valence-corrected chi connectivity index (χ3v) is 3.49. The third-order valence-electron chi connectivity index (χ3n) is 3.49. The largest absolute Gasteiger partial charge is 0.350 e. The first kappa shape index (κ1) is 15.5. The number of aryl methyl sites for hydroxylation is 1. The summed E-state index contributed by atoms with van der Waals surface area (Å²) in [5.74, 6) is 1.05. The van der Waals surface area contributed by atoms with E-state index in [1.54, 1.807) is 0 Å². The number of anilines is 1. The van der Waals surface area contributed by atoms with Gasteiger partial charge in [0.2, 0.25) is 0 Å². The van der Waals surface area contributed by atoms with Crippen LogP contribution >= 0.6 is 0 Å². The molecule has 0 saturated heterocycles. The van der Waals surface area contributed by atoms with Crippen molar-refractivity contribution in [3.05, 3.63) is 59.3 Å². The molecule has 0 spiro atoms.